The van der Waals surface area contributed by atoms with Gasteiger partial charge < -0.3 is 14.4 Å². The summed E-state index contributed by atoms with van der Waals surface area (Å²) in [4.78, 5) is 49.3. The summed E-state index contributed by atoms with van der Waals surface area (Å²) in [7, 11) is 5.48. The minimum Gasteiger partial charge on any atom is -0.316 e. The van der Waals surface area contributed by atoms with Crippen LogP contribution in [0.2, 0.25) is 5.02 Å². The Balaban J connectivity index is 1.30. The summed E-state index contributed by atoms with van der Waals surface area (Å²) in [6.45, 7) is 4.02. The Morgan fingerprint density at radius 2 is 1.88 bits per heavy atom. The highest BCUT2D eigenvalue weighted by Crippen LogP contribution is 2.45. The first kappa shape index (κ1) is 26.9. The van der Waals surface area contributed by atoms with Crippen molar-refractivity contribution >= 4 is 46.1 Å². The number of rotatable bonds is 5. The van der Waals surface area contributed by atoms with Crippen molar-refractivity contribution in [3.05, 3.63) is 85.0 Å². The molecule has 2 aliphatic heterocycles. The van der Waals surface area contributed by atoms with E-state index in [4.69, 9.17) is 11.6 Å². The van der Waals surface area contributed by atoms with Crippen LogP contribution in [0.1, 0.15) is 29.0 Å². The number of fused-ring (bicyclic) bond motifs is 4. The molecule has 0 saturated carbocycles. The molecule has 1 fully saturated rings. The summed E-state index contributed by atoms with van der Waals surface area (Å²) < 4.78 is 4.23. The molecule has 40 heavy (non-hydrogen) atoms. The van der Waals surface area contributed by atoms with E-state index in [-0.39, 0.29) is 24.2 Å². The lowest BCUT2D eigenvalue weighted by Crippen LogP contribution is -2.47. The highest BCUT2D eigenvalue weighted by Gasteiger charge is 2.43. The molecule has 11 heteroatoms. The first-order valence-corrected chi connectivity index (χ1v) is 14.7. The third-order valence-corrected chi connectivity index (χ3v) is 9.54. The van der Waals surface area contributed by atoms with E-state index < -0.39 is 11.2 Å². The summed E-state index contributed by atoms with van der Waals surface area (Å²) in [5.74, 6) is 0.486. The van der Waals surface area contributed by atoms with Gasteiger partial charge in [-0.15, -0.1) is 0 Å². The van der Waals surface area contributed by atoms with Gasteiger partial charge in [0.15, 0.2) is 16.3 Å². The number of thioether (sulfide) groups is 1. The third-order valence-electron chi connectivity index (χ3n) is 8.15. The number of piperidine rings is 1. The second kappa shape index (κ2) is 10.2. The maximum atomic E-state index is 13.7. The van der Waals surface area contributed by atoms with Crippen LogP contribution in [-0.4, -0.2) is 61.4 Å². The van der Waals surface area contributed by atoms with Gasteiger partial charge in [-0.2, -0.15) is 0 Å². The molecule has 0 bridgehead atoms. The minimum atomic E-state index is -0.472. The number of hydrogen-bond acceptors (Lipinski definition) is 6. The van der Waals surface area contributed by atoms with Gasteiger partial charge in [0.2, 0.25) is 5.91 Å². The Morgan fingerprint density at radius 1 is 1.10 bits per heavy atom. The fourth-order valence-electron chi connectivity index (χ4n) is 6.09. The van der Waals surface area contributed by atoms with Crippen LogP contribution in [0.5, 0.6) is 0 Å². The Labute approximate surface area is 241 Å². The molecule has 1 saturated heterocycles. The number of likely N-dealkylation sites (N-methyl/N-ethyl adjacent to an activating group) is 1. The van der Waals surface area contributed by atoms with Crippen LogP contribution in [0.4, 0.5) is 5.69 Å². The molecule has 0 N–H and O–H groups in total. The average molecular weight is 579 g/mol. The minimum absolute atomic E-state index is 0.0178. The zero-order chi connectivity index (χ0) is 28.3. The van der Waals surface area contributed by atoms with Crippen LogP contribution < -0.4 is 16.1 Å². The first-order chi connectivity index (χ1) is 19.2. The van der Waals surface area contributed by atoms with Gasteiger partial charge in [-0.05, 0) is 50.2 Å². The van der Waals surface area contributed by atoms with E-state index in [1.807, 2.05) is 11.0 Å². The second-order valence-corrected chi connectivity index (χ2v) is 12.1. The lowest BCUT2D eigenvalue weighted by molar-refractivity contribution is -0.116. The van der Waals surface area contributed by atoms with Gasteiger partial charge in [-0.25, -0.2) is 9.78 Å². The summed E-state index contributed by atoms with van der Waals surface area (Å²) >= 11 is 7.59. The molecule has 0 radical (unpaired) electrons. The molecule has 2 aliphatic rings. The number of carbonyl (C=O) groups is 1. The standard InChI is InChI=1S/C29H31ClN6O3S/c1-17-9-10-22-19(13-17)20-15-32(2)12-11-23(20)36(22)24(37)16-40-28-31-26-25(33(28)3)27(38)35(29(39)34(26)4)14-18-7-5-6-8-21(18)30/h5-10,13,20,23H,11-12,14-16H2,1-4H3/t20-,23-/m0/s1. The zero-order valence-corrected chi connectivity index (χ0v) is 24.5. The molecule has 2 atom stereocenters. The summed E-state index contributed by atoms with van der Waals surface area (Å²) in [5, 5.41) is 0.996. The van der Waals surface area contributed by atoms with Crippen molar-refractivity contribution in [2.75, 3.05) is 30.8 Å². The molecular weight excluding hydrogens is 548 g/mol. The predicted octanol–water partition coefficient (Wildman–Crippen LogP) is 3.37. The molecule has 4 aromatic rings. The van der Waals surface area contributed by atoms with Crippen LogP contribution in [0.3, 0.4) is 0 Å². The molecular formula is C29H31ClN6O3S. The molecule has 0 spiro atoms. The first-order valence-electron chi connectivity index (χ1n) is 13.3. The summed E-state index contributed by atoms with van der Waals surface area (Å²) in [6.07, 6.45) is 0.921. The number of nitrogens with zero attached hydrogens (tertiary/aromatic N) is 6. The van der Waals surface area contributed by atoms with E-state index in [1.54, 1.807) is 36.9 Å². The van der Waals surface area contributed by atoms with E-state index in [9.17, 15) is 14.4 Å². The van der Waals surface area contributed by atoms with Crippen LogP contribution in [0.15, 0.2) is 57.2 Å². The molecule has 0 unspecified atom stereocenters. The molecule has 9 nitrogen and oxygen atoms in total. The number of likely N-dealkylation sites (tertiary alicyclic amines) is 1. The van der Waals surface area contributed by atoms with Crippen molar-refractivity contribution in [1.29, 1.82) is 0 Å². The highest BCUT2D eigenvalue weighted by atomic mass is 35.5. The number of hydrogen-bond donors (Lipinski definition) is 0. The number of benzene rings is 2. The number of aryl methyl sites for hydroxylation is 3. The van der Waals surface area contributed by atoms with E-state index in [0.717, 1.165) is 25.2 Å². The molecule has 2 aromatic heterocycles. The maximum absolute atomic E-state index is 13.7. The van der Waals surface area contributed by atoms with Crippen molar-refractivity contribution < 1.29 is 4.79 Å². The van der Waals surface area contributed by atoms with Crippen LogP contribution >= 0.6 is 23.4 Å². The van der Waals surface area contributed by atoms with Gasteiger partial charge in [0.05, 0.1) is 12.3 Å². The fraction of sp³-hybridized carbons (Fsp3) is 0.379. The number of carbonyl (C=O) groups excluding carboxylic acids is 1. The maximum Gasteiger partial charge on any atom is 0.332 e. The van der Waals surface area contributed by atoms with Gasteiger partial charge in [0.25, 0.3) is 5.56 Å². The Bertz CT molecular complexity index is 1780. The number of halogens is 1. The van der Waals surface area contributed by atoms with E-state index in [0.29, 0.717) is 32.8 Å². The van der Waals surface area contributed by atoms with Crippen molar-refractivity contribution in [2.45, 2.75) is 37.0 Å². The SMILES string of the molecule is Cc1ccc2c(c1)[C@@H]1CN(C)CC[C@@H]1N2C(=O)CSc1nc2c(c(=O)n(Cc3ccccc3Cl)c(=O)n2C)n1C. The van der Waals surface area contributed by atoms with Gasteiger partial charge in [0, 0.05) is 43.3 Å². The lowest BCUT2D eigenvalue weighted by atomic mass is 9.89. The van der Waals surface area contributed by atoms with Crippen molar-refractivity contribution in [3.8, 4) is 0 Å². The summed E-state index contributed by atoms with van der Waals surface area (Å²) in [5.41, 5.74) is 3.80. The number of anilines is 1. The molecule has 1 amide bonds. The molecule has 208 valence electrons. The second-order valence-electron chi connectivity index (χ2n) is 10.8. The predicted molar refractivity (Wildman–Crippen MR) is 159 cm³/mol. The van der Waals surface area contributed by atoms with Gasteiger partial charge in [0.1, 0.15) is 0 Å². The van der Waals surface area contributed by atoms with Crippen LogP contribution in [0.25, 0.3) is 11.2 Å². The highest BCUT2D eigenvalue weighted by molar-refractivity contribution is 7.99. The smallest absolute Gasteiger partial charge is 0.316 e. The van der Waals surface area contributed by atoms with Crippen molar-refractivity contribution in [2.24, 2.45) is 14.1 Å². The lowest BCUT2D eigenvalue weighted by Gasteiger charge is -2.36. The van der Waals surface area contributed by atoms with E-state index in [2.05, 4.69) is 42.1 Å². The van der Waals surface area contributed by atoms with Gasteiger partial charge in [-0.3, -0.25) is 18.7 Å². The third kappa shape index (κ3) is 4.38. The van der Waals surface area contributed by atoms with Gasteiger partial charge in [-0.1, -0.05) is 59.3 Å². The number of amides is 1. The molecule has 4 heterocycles. The zero-order valence-electron chi connectivity index (χ0n) is 22.9. The van der Waals surface area contributed by atoms with Crippen molar-refractivity contribution in [3.63, 3.8) is 0 Å². The topological polar surface area (TPSA) is 85.4 Å². The monoisotopic (exact) mass is 578 g/mol. The fourth-order valence-corrected chi connectivity index (χ4v) is 7.11. The quantitative estimate of drug-likeness (QED) is 0.338. The largest absolute Gasteiger partial charge is 0.332 e. The van der Waals surface area contributed by atoms with Crippen LogP contribution in [-0.2, 0) is 25.4 Å². The summed E-state index contributed by atoms with van der Waals surface area (Å²) in [6, 6.07) is 13.6. The Morgan fingerprint density at radius 3 is 2.65 bits per heavy atom. The average Bonchev–Trinajstić information content (AvgIpc) is 3.43. The van der Waals surface area contributed by atoms with E-state index in [1.165, 1.54) is 32.0 Å². The van der Waals surface area contributed by atoms with E-state index >= 15 is 0 Å². The Kier molecular flexibility index (Phi) is 6.88. The molecule has 6 rings (SSSR count). The normalized spacial score (nSPS) is 18.8. The molecule has 2 aromatic carbocycles. The number of aromatic nitrogens is 4. The van der Waals surface area contributed by atoms with Crippen LogP contribution in [0, 0.1) is 6.92 Å². The number of imidazole rings is 1. The van der Waals surface area contributed by atoms with Gasteiger partial charge >= 0.3 is 5.69 Å². The van der Waals surface area contributed by atoms with Crippen molar-refractivity contribution in [1.82, 2.24) is 23.6 Å². The molecule has 0 aliphatic carbocycles. The Hall–Kier alpha value is -3.34.